The third-order valence-electron chi connectivity index (χ3n) is 1.63. The van der Waals surface area contributed by atoms with Crippen LogP contribution in [0.2, 0.25) is 0 Å². The van der Waals surface area contributed by atoms with Gasteiger partial charge in [0.25, 0.3) is 5.69 Å². The molecule has 16 heavy (non-hydrogen) atoms. The number of halogens is 1. The van der Waals surface area contributed by atoms with Gasteiger partial charge in [-0.05, 0) is 12.1 Å². The highest BCUT2D eigenvalue weighted by atomic mass is 35.5. The number of nitrogens with zero attached hydrogens (tertiary/aromatic N) is 2. The fraction of sp³-hybridized carbons (Fsp3) is 0.111. The summed E-state index contributed by atoms with van der Waals surface area (Å²) in [5.41, 5.74) is 2.62. The van der Waals surface area contributed by atoms with Gasteiger partial charge in [-0.2, -0.15) is 5.10 Å². The smallest absolute Gasteiger partial charge is 0.269 e. The van der Waals surface area contributed by atoms with E-state index in [4.69, 9.17) is 11.6 Å². The largest absolute Gasteiger partial charge is 0.274 e. The fourth-order valence-corrected chi connectivity index (χ4v) is 1.08. The van der Waals surface area contributed by atoms with Crippen molar-refractivity contribution in [1.29, 1.82) is 0 Å². The number of non-ortho nitro benzene ring substituents is 1. The number of benzene rings is 1. The molecule has 0 aliphatic rings. The third kappa shape index (κ3) is 3.32. The second-order valence-corrected chi connectivity index (χ2v) is 3.23. The Morgan fingerprint density at radius 3 is 2.44 bits per heavy atom. The minimum Gasteiger partial charge on any atom is -0.274 e. The number of nitro groups is 1. The molecule has 0 bridgehead atoms. The molecule has 0 spiro atoms. The van der Waals surface area contributed by atoms with Gasteiger partial charge in [-0.25, -0.2) is 5.43 Å². The van der Waals surface area contributed by atoms with Crippen LogP contribution in [0.5, 0.6) is 0 Å². The van der Waals surface area contributed by atoms with Crippen molar-refractivity contribution >= 4 is 28.4 Å². The van der Waals surface area contributed by atoms with Gasteiger partial charge in [-0.3, -0.25) is 14.9 Å². The lowest BCUT2D eigenvalue weighted by molar-refractivity contribution is -0.384. The summed E-state index contributed by atoms with van der Waals surface area (Å²) in [4.78, 5) is 20.4. The molecule has 1 aromatic carbocycles. The molecule has 0 unspecified atom stereocenters. The Morgan fingerprint density at radius 1 is 1.44 bits per heavy atom. The number of hydrazone groups is 1. The molecule has 0 aliphatic heterocycles. The molecule has 0 fully saturated rings. The molecule has 1 rings (SSSR count). The van der Waals surface area contributed by atoms with Crippen molar-refractivity contribution in [2.24, 2.45) is 5.10 Å². The lowest BCUT2D eigenvalue weighted by atomic mass is 10.2. The Hall–Kier alpha value is -1.95. The SMILES string of the molecule is CC(=O)N/N=C(\Cl)c1ccc([N+](=O)[O-])cc1. The van der Waals surface area contributed by atoms with Crippen LogP contribution in [0.3, 0.4) is 0 Å². The van der Waals surface area contributed by atoms with E-state index < -0.39 is 4.92 Å². The molecular weight excluding hydrogens is 234 g/mol. The summed E-state index contributed by atoms with van der Waals surface area (Å²) in [5.74, 6) is -0.347. The predicted octanol–water partition coefficient (Wildman–Crippen LogP) is 1.63. The maximum Gasteiger partial charge on any atom is 0.269 e. The second kappa shape index (κ2) is 5.22. The van der Waals surface area contributed by atoms with E-state index in [9.17, 15) is 14.9 Å². The molecule has 1 aromatic rings. The van der Waals surface area contributed by atoms with Gasteiger partial charge in [0, 0.05) is 24.6 Å². The lowest BCUT2D eigenvalue weighted by Gasteiger charge is -1.98. The van der Waals surface area contributed by atoms with Crippen molar-refractivity contribution in [2.75, 3.05) is 0 Å². The Balaban J connectivity index is 2.85. The number of carbonyl (C=O) groups excluding carboxylic acids is 1. The first-order chi connectivity index (χ1) is 7.50. The van der Waals surface area contributed by atoms with E-state index in [1.807, 2.05) is 0 Å². The lowest BCUT2D eigenvalue weighted by Crippen LogP contribution is -2.14. The second-order valence-electron chi connectivity index (χ2n) is 2.87. The monoisotopic (exact) mass is 241 g/mol. The van der Waals surface area contributed by atoms with Gasteiger partial charge in [-0.15, -0.1) is 0 Å². The average molecular weight is 242 g/mol. The maximum atomic E-state index is 10.6. The molecule has 0 atom stereocenters. The first kappa shape index (κ1) is 12.1. The maximum absolute atomic E-state index is 10.6. The summed E-state index contributed by atoms with van der Waals surface area (Å²) in [6.07, 6.45) is 0. The number of carbonyl (C=O) groups is 1. The highest BCUT2D eigenvalue weighted by Gasteiger charge is 2.06. The molecule has 0 saturated heterocycles. The zero-order chi connectivity index (χ0) is 12.1. The number of amides is 1. The molecule has 0 saturated carbocycles. The Morgan fingerprint density at radius 2 is 2.00 bits per heavy atom. The number of nitro benzene ring substituents is 1. The zero-order valence-electron chi connectivity index (χ0n) is 8.31. The van der Waals surface area contributed by atoms with Gasteiger partial charge in [0.1, 0.15) is 0 Å². The number of nitrogens with one attached hydrogen (secondary N) is 1. The van der Waals surface area contributed by atoms with Gasteiger partial charge in [-0.1, -0.05) is 11.6 Å². The van der Waals surface area contributed by atoms with Gasteiger partial charge >= 0.3 is 0 Å². The van der Waals surface area contributed by atoms with Crippen LogP contribution in [-0.4, -0.2) is 16.0 Å². The minimum absolute atomic E-state index is 0.0345. The molecule has 0 radical (unpaired) electrons. The standard InChI is InChI=1S/C9H8ClN3O3/c1-6(14)11-12-9(10)7-2-4-8(5-3-7)13(15)16/h2-5H,1H3,(H,11,14)/b12-9-. The van der Waals surface area contributed by atoms with Crippen LogP contribution in [0.15, 0.2) is 29.4 Å². The Kier molecular flexibility index (Phi) is 3.96. The third-order valence-corrected chi connectivity index (χ3v) is 1.93. The van der Waals surface area contributed by atoms with Crippen LogP contribution in [0.25, 0.3) is 0 Å². The average Bonchev–Trinajstić information content (AvgIpc) is 2.26. The summed E-state index contributed by atoms with van der Waals surface area (Å²) in [7, 11) is 0. The highest BCUT2D eigenvalue weighted by molar-refractivity contribution is 6.69. The van der Waals surface area contributed by atoms with Crippen molar-refractivity contribution in [3.05, 3.63) is 39.9 Å². The van der Waals surface area contributed by atoms with Crippen LogP contribution in [0, 0.1) is 10.1 Å². The van der Waals surface area contributed by atoms with Crippen molar-refractivity contribution in [2.45, 2.75) is 6.92 Å². The fourth-order valence-electron chi connectivity index (χ4n) is 0.913. The highest BCUT2D eigenvalue weighted by Crippen LogP contribution is 2.13. The molecule has 84 valence electrons. The number of rotatable bonds is 3. The number of hydrogen-bond donors (Lipinski definition) is 1. The Labute approximate surface area is 96.1 Å². The van der Waals surface area contributed by atoms with Crippen LogP contribution in [0.4, 0.5) is 5.69 Å². The summed E-state index contributed by atoms with van der Waals surface area (Å²) in [6.45, 7) is 1.30. The van der Waals surface area contributed by atoms with Gasteiger partial charge in [0.2, 0.25) is 5.91 Å². The van der Waals surface area contributed by atoms with E-state index in [0.717, 1.165) is 0 Å². The van der Waals surface area contributed by atoms with E-state index >= 15 is 0 Å². The first-order valence-electron chi connectivity index (χ1n) is 4.25. The van der Waals surface area contributed by atoms with E-state index in [1.165, 1.54) is 31.2 Å². The van der Waals surface area contributed by atoms with E-state index in [1.54, 1.807) is 0 Å². The number of hydrogen-bond acceptors (Lipinski definition) is 4. The quantitative estimate of drug-likeness (QED) is 0.496. The molecule has 0 heterocycles. The summed E-state index contributed by atoms with van der Waals surface area (Å²) >= 11 is 5.75. The van der Waals surface area contributed by atoms with E-state index in [-0.39, 0.29) is 16.8 Å². The topological polar surface area (TPSA) is 84.6 Å². The molecular formula is C9H8ClN3O3. The molecule has 1 N–H and O–H groups in total. The summed E-state index contributed by atoms with van der Waals surface area (Å²) in [5, 5.41) is 14.0. The normalized spacial score (nSPS) is 11.0. The van der Waals surface area contributed by atoms with Crippen molar-refractivity contribution in [3.63, 3.8) is 0 Å². The van der Waals surface area contributed by atoms with Gasteiger partial charge in [0.15, 0.2) is 5.17 Å². The Bertz CT molecular complexity index is 442. The van der Waals surface area contributed by atoms with Crippen LogP contribution >= 0.6 is 11.6 Å². The molecule has 6 nitrogen and oxygen atoms in total. The van der Waals surface area contributed by atoms with Gasteiger partial charge < -0.3 is 0 Å². The zero-order valence-corrected chi connectivity index (χ0v) is 9.06. The predicted molar refractivity (Wildman–Crippen MR) is 59.3 cm³/mol. The summed E-state index contributed by atoms with van der Waals surface area (Å²) < 4.78 is 0. The summed E-state index contributed by atoms with van der Waals surface area (Å²) in [6, 6.07) is 5.51. The van der Waals surface area contributed by atoms with Gasteiger partial charge in [0.05, 0.1) is 4.92 Å². The van der Waals surface area contributed by atoms with Crippen molar-refractivity contribution < 1.29 is 9.72 Å². The van der Waals surface area contributed by atoms with Crippen LogP contribution < -0.4 is 5.43 Å². The van der Waals surface area contributed by atoms with E-state index in [2.05, 4.69) is 10.5 Å². The first-order valence-corrected chi connectivity index (χ1v) is 4.63. The van der Waals surface area contributed by atoms with Crippen LogP contribution in [-0.2, 0) is 4.79 Å². The molecule has 0 aromatic heterocycles. The van der Waals surface area contributed by atoms with E-state index in [0.29, 0.717) is 5.56 Å². The van der Waals surface area contributed by atoms with Crippen LogP contribution in [0.1, 0.15) is 12.5 Å². The molecule has 1 amide bonds. The molecule has 7 heteroatoms. The molecule has 0 aliphatic carbocycles. The minimum atomic E-state index is -0.511. The van der Waals surface area contributed by atoms with Crippen molar-refractivity contribution in [3.8, 4) is 0 Å². The van der Waals surface area contributed by atoms with Crippen molar-refractivity contribution in [1.82, 2.24) is 5.43 Å².